The molecule has 0 aliphatic rings. The second kappa shape index (κ2) is 9.85. The van der Waals surface area contributed by atoms with Gasteiger partial charge in [0.1, 0.15) is 0 Å². The highest BCUT2D eigenvalue weighted by molar-refractivity contribution is 8.26. The van der Waals surface area contributed by atoms with Crippen LogP contribution in [0.25, 0.3) is 0 Å². The fourth-order valence-corrected chi connectivity index (χ4v) is 4.48. The first-order valence-electron chi connectivity index (χ1n) is 6.88. The minimum absolute atomic E-state index is 0.446. The molecule has 0 amide bonds. The largest absolute Gasteiger partial charge is 0.225 e. The van der Waals surface area contributed by atoms with Gasteiger partial charge in [0.05, 0.1) is 0 Å². The van der Waals surface area contributed by atoms with E-state index in [0.717, 1.165) is 0 Å². The van der Waals surface area contributed by atoms with Crippen molar-refractivity contribution < 1.29 is 4.21 Å². The molecule has 0 aliphatic carbocycles. The van der Waals surface area contributed by atoms with Gasteiger partial charge in [-0.1, -0.05) is 91.0 Å². The lowest BCUT2D eigenvalue weighted by Gasteiger charge is -2.18. The first-order valence-corrected chi connectivity index (χ1v) is 11.0. The van der Waals surface area contributed by atoms with Crippen LogP contribution in [0, 0.1) is 0 Å². The first-order chi connectivity index (χ1) is 11.2. The molecule has 0 fully saturated rings. The van der Waals surface area contributed by atoms with Gasteiger partial charge in [0.25, 0.3) is 0 Å². The molecule has 0 atom stereocenters. The molecule has 0 bridgehead atoms. The monoisotopic (exact) mass is 380 g/mol. The lowest BCUT2D eigenvalue weighted by Crippen LogP contribution is -2.20. The Morgan fingerprint density at radius 1 is 0.565 bits per heavy atom. The van der Waals surface area contributed by atoms with E-state index in [0.29, 0.717) is 0 Å². The predicted molar refractivity (Wildman–Crippen MR) is 105 cm³/mol. The third-order valence-electron chi connectivity index (χ3n) is 3.04. The van der Waals surface area contributed by atoms with Gasteiger partial charge < -0.3 is 0 Å². The van der Waals surface area contributed by atoms with Crippen LogP contribution in [0.2, 0.25) is 0 Å². The van der Waals surface area contributed by atoms with Crippen LogP contribution < -0.4 is 15.9 Å². The molecule has 0 saturated carbocycles. The summed E-state index contributed by atoms with van der Waals surface area (Å²) in [6.45, 7) is 0. The zero-order chi connectivity index (χ0) is 16.5. The Balaban J connectivity index is 0.000000433. The van der Waals surface area contributed by atoms with Crippen LogP contribution in [0.4, 0.5) is 0 Å². The van der Waals surface area contributed by atoms with Gasteiger partial charge in [-0.2, -0.15) is 0 Å². The van der Waals surface area contributed by atoms with Crippen molar-refractivity contribution in [3.8, 4) is 0 Å². The topological polar surface area (TPSA) is 17.1 Å². The van der Waals surface area contributed by atoms with E-state index in [-0.39, 0.29) is 0 Å². The maximum atomic E-state index is 9.09. The second-order valence-electron chi connectivity index (χ2n) is 4.53. The molecule has 3 aromatic carbocycles. The van der Waals surface area contributed by atoms with Crippen LogP contribution in [0.1, 0.15) is 0 Å². The summed E-state index contributed by atoms with van der Waals surface area (Å²) in [5, 5.41) is 4.19. The number of benzene rings is 3. The molecule has 0 N–H and O–H groups in total. The minimum atomic E-state index is -1.67. The van der Waals surface area contributed by atoms with Crippen LogP contribution in [0.15, 0.2) is 91.0 Å². The van der Waals surface area contributed by atoms with Crippen molar-refractivity contribution in [2.24, 2.45) is 0 Å². The van der Waals surface area contributed by atoms with E-state index in [9.17, 15) is 0 Å². The molecule has 0 aromatic heterocycles. The summed E-state index contributed by atoms with van der Waals surface area (Å²) in [5.74, 6) is 0. The summed E-state index contributed by atoms with van der Waals surface area (Å²) in [6.07, 6.45) is 0. The van der Waals surface area contributed by atoms with Crippen LogP contribution in [-0.2, 0) is 9.23 Å². The fourth-order valence-electron chi connectivity index (χ4n) is 2.18. The third-order valence-corrected chi connectivity index (χ3v) is 5.49. The van der Waals surface area contributed by atoms with Crippen molar-refractivity contribution in [1.82, 2.24) is 0 Å². The van der Waals surface area contributed by atoms with Crippen LogP contribution in [-0.4, -0.2) is 4.21 Å². The molecule has 3 rings (SSSR count). The van der Waals surface area contributed by atoms with Gasteiger partial charge in [0.15, 0.2) is 0 Å². The molecular formula is C18H15Cl2OPS. The summed E-state index contributed by atoms with van der Waals surface area (Å²) >= 11 is 0. The van der Waals surface area contributed by atoms with E-state index in [2.05, 4.69) is 112 Å². The third kappa shape index (κ3) is 6.08. The first kappa shape index (κ1) is 18.2. The molecular weight excluding hydrogens is 366 g/mol. The maximum absolute atomic E-state index is 9.09. The summed E-state index contributed by atoms with van der Waals surface area (Å²) < 4.78 is 9.09. The predicted octanol–water partition coefficient (Wildman–Crippen LogP) is 4.49. The highest BCUT2D eigenvalue weighted by atomic mass is 36.0. The van der Waals surface area contributed by atoms with E-state index >= 15 is 0 Å². The van der Waals surface area contributed by atoms with Gasteiger partial charge in [-0.05, 0) is 23.8 Å². The number of hydrogen-bond donors (Lipinski definition) is 0. The zero-order valence-corrected chi connectivity index (χ0v) is 15.4. The molecule has 118 valence electrons. The molecule has 1 nitrogen and oxygen atoms in total. The van der Waals surface area contributed by atoms with Gasteiger partial charge in [0, 0.05) is 21.4 Å². The number of halogens is 2. The average Bonchev–Trinajstić information content (AvgIpc) is 2.58. The second-order valence-corrected chi connectivity index (χ2v) is 9.27. The van der Waals surface area contributed by atoms with Gasteiger partial charge in [0.2, 0.25) is 9.23 Å². The number of hydrogen-bond acceptors (Lipinski definition) is 1. The molecule has 0 heterocycles. The van der Waals surface area contributed by atoms with E-state index in [1.165, 1.54) is 15.9 Å². The van der Waals surface area contributed by atoms with E-state index in [1.807, 2.05) is 0 Å². The molecule has 5 heteroatoms. The van der Waals surface area contributed by atoms with Crippen molar-refractivity contribution in [3.05, 3.63) is 91.0 Å². The quantitative estimate of drug-likeness (QED) is 0.483. The van der Waals surface area contributed by atoms with Crippen molar-refractivity contribution in [1.29, 1.82) is 0 Å². The molecule has 0 radical (unpaired) electrons. The molecule has 23 heavy (non-hydrogen) atoms. The molecule has 3 aromatic rings. The molecule has 0 spiro atoms. The fraction of sp³-hybridized carbons (Fsp3) is 0. The average molecular weight is 381 g/mol. The highest BCUT2D eigenvalue weighted by Crippen LogP contribution is 2.32. The summed E-state index contributed by atoms with van der Waals surface area (Å²) in [6, 6.07) is 32.3. The van der Waals surface area contributed by atoms with E-state index in [4.69, 9.17) is 4.21 Å². The Labute approximate surface area is 149 Å². The Morgan fingerprint density at radius 2 is 0.783 bits per heavy atom. The number of rotatable bonds is 3. The van der Waals surface area contributed by atoms with E-state index < -0.39 is 17.1 Å². The van der Waals surface area contributed by atoms with Gasteiger partial charge in [-0.15, -0.1) is 0 Å². The minimum Gasteiger partial charge on any atom is -0.225 e. The Bertz CT molecular complexity index is 626. The zero-order valence-electron chi connectivity index (χ0n) is 12.2. The van der Waals surface area contributed by atoms with Crippen molar-refractivity contribution in [3.63, 3.8) is 0 Å². The van der Waals surface area contributed by atoms with Crippen LogP contribution in [0.3, 0.4) is 0 Å². The van der Waals surface area contributed by atoms with Crippen molar-refractivity contribution in [2.45, 2.75) is 0 Å². The maximum Gasteiger partial charge on any atom is 0.211 e. The van der Waals surface area contributed by atoms with Crippen molar-refractivity contribution in [2.75, 3.05) is 0 Å². The van der Waals surface area contributed by atoms with Gasteiger partial charge in [-0.25, -0.2) is 4.21 Å². The standard InChI is InChI=1S/C18H15P.Cl2OS/c1-4-10-16(11-5-1)19(17-12-6-2-7-13-17)18-14-8-3-9-15-18;1-4(2)3/h1-15H;. The Kier molecular flexibility index (Phi) is 7.78. The van der Waals surface area contributed by atoms with Gasteiger partial charge >= 0.3 is 0 Å². The summed E-state index contributed by atoms with van der Waals surface area (Å²) in [7, 11) is 6.91. The highest BCUT2D eigenvalue weighted by Gasteiger charge is 2.14. The SMILES string of the molecule is O=S(Cl)Cl.c1ccc(P(c2ccccc2)c2ccccc2)cc1. The van der Waals surface area contributed by atoms with Crippen LogP contribution >= 0.6 is 29.3 Å². The normalized spacial score (nSPS) is 10.3. The Morgan fingerprint density at radius 3 is 1.00 bits per heavy atom. The molecule has 0 unspecified atom stereocenters. The van der Waals surface area contributed by atoms with Gasteiger partial charge in [-0.3, -0.25) is 0 Å². The summed E-state index contributed by atoms with van der Waals surface area (Å²) in [4.78, 5) is 0. The lowest BCUT2D eigenvalue weighted by molar-refractivity contribution is 0.698. The van der Waals surface area contributed by atoms with E-state index in [1.54, 1.807) is 0 Å². The summed E-state index contributed by atoms with van der Waals surface area (Å²) in [5.41, 5.74) is 0. The van der Waals surface area contributed by atoms with Crippen LogP contribution in [0.5, 0.6) is 0 Å². The lowest BCUT2D eigenvalue weighted by atomic mass is 10.4. The Hall–Kier alpha value is -1.18. The molecule has 0 saturated heterocycles. The smallest absolute Gasteiger partial charge is 0.211 e. The molecule has 0 aliphatic heterocycles. The van der Waals surface area contributed by atoms with Crippen molar-refractivity contribution >= 4 is 54.4 Å².